The van der Waals surface area contributed by atoms with Gasteiger partial charge in [-0.1, -0.05) is 13.0 Å². The Morgan fingerprint density at radius 2 is 1.91 bits per heavy atom. The number of likely N-dealkylation sites (N-methyl/N-ethyl adjacent to an activating group) is 1. The Bertz CT molecular complexity index is 1070. The highest BCUT2D eigenvalue weighted by molar-refractivity contribution is 7.89. The number of nitrogens with zero attached hydrogens (tertiary/aromatic N) is 2. The van der Waals surface area contributed by atoms with Crippen molar-refractivity contribution in [3.63, 3.8) is 0 Å². The van der Waals surface area contributed by atoms with Crippen LogP contribution in [0.2, 0.25) is 0 Å². The van der Waals surface area contributed by atoms with Crippen molar-refractivity contribution in [3.8, 4) is 5.75 Å². The summed E-state index contributed by atoms with van der Waals surface area (Å²) >= 11 is 1.56. The Hall–Kier alpha value is -2.51. The van der Waals surface area contributed by atoms with E-state index in [0.29, 0.717) is 32.1 Å². The second-order valence-corrected chi connectivity index (χ2v) is 10.6. The molecular weight excluding hydrogens is 480 g/mol. The molecule has 1 aromatic heterocycles. The number of hydrogen-bond donors (Lipinski definition) is 2. The molecule has 2 N–H and O–H groups in total. The minimum absolute atomic E-state index is 0.0352. The smallest absolute Gasteiger partial charge is 0.243 e. The Morgan fingerprint density at radius 3 is 2.56 bits per heavy atom. The number of nitrogens with one attached hydrogen (secondary N) is 2. The first-order valence-electron chi connectivity index (χ1n) is 10.9. The molecule has 0 unspecified atom stereocenters. The largest absolute Gasteiger partial charge is 0.495 e. The molecule has 0 aliphatic carbocycles. The number of sulfonamides is 1. The highest BCUT2D eigenvalue weighted by Gasteiger charge is 2.27. The van der Waals surface area contributed by atoms with Crippen molar-refractivity contribution in [2.24, 2.45) is 0 Å². The summed E-state index contributed by atoms with van der Waals surface area (Å²) in [6.45, 7) is 4.05. The molecule has 12 heteroatoms. The fourth-order valence-electron chi connectivity index (χ4n) is 3.41. The molecule has 2 aromatic rings. The number of methoxy groups -OCH3 is 1. The number of thiophene rings is 1. The Kier molecular flexibility index (Phi) is 9.42. The molecule has 0 saturated carbocycles. The maximum atomic E-state index is 13.0. The maximum absolute atomic E-state index is 13.0. The molecule has 0 spiro atoms. The number of amides is 2. The van der Waals surface area contributed by atoms with Gasteiger partial charge in [-0.25, -0.2) is 8.42 Å². The zero-order valence-electron chi connectivity index (χ0n) is 19.3. The molecule has 10 nitrogen and oxygen atoms in total. The number of rotatable bonds is 11. The average molecular weight is 511 g/mol. The highest BCUT2D eigenvalue weighted by atomic mass is 32.2. The van der Waals surface area contributed by atoms with E-state index >= 15 is 0 Å². The van der Waals surface area contributed by atoms with Gasteiger partial charge in [0.25, 0.3) is 0 Å². The summed E-state index contributed by atoms with van der Waals surface area (Å²) in [5.41, 5.74) is 0.250. The van der Waals surface area contributed by atoms with Crippen LogP contribution < -0.4 is 15.4 Å². The Morgan fingerprint density at radius 1 is 1.18 bits per heavy atom. The molecular formula is C22H30N4O6S2. The minimum atomic E-state index is -3.73. The standard InChI is InChI=1S/C22H30N4O6S2/c1-3-25(15-21(27)23-14-17-5-4-12-33-17)16-22(28)24-19-13-18(6-7-20(19)31-2)34(29,30)26-8-10-32-11-9-26/h4-7,12-13H,3,8-11,14-16H2,1-2H3,(H,23,27)(H,24,28). The lowest BCUT2D eigenvalue weighted by Gasteiger charge is -2.26. The second kappa shape index (κ2) is 12.3. The quantitative estimate of drug-likeness (QED) is 0.469. The second-order valence-electron chi connectivity index (χ2n) is 7.59. The Balaban J connectivity index is 1.63. The monoisotopic (exact) mass is 510 g/mol. The van der Waals surface area contributed by atoms with E-state index in [2.05, 4.69) is 10.6 Å². The van der Waals surface area contributed by atoms with Gasteiger partial charge in [0.15, 0.2) is 0 Å². The van der Waals surface area contributed by atoms with Crippen LogP contribution in [0.4, 0.5) is 5.69 Å². The maximum Gasteiger partial charge on any atom is 0.243 e. The van der Waals surface area contributed by atoms with Gasteiger partial charge in [-0.15, -0.1) is 11.3 Å². The lowest BCUT2D eigenvalue weighted by Crippen LogP contribution is -2.41. The lowest BCUT2D eigenvalue weighted by molar-refractivity contribution is -0.123. The van der Waals surface area contributed by atoms with Crippen LogP contribution in [-0.2, 0) is 30.9 Å². The van der Waals surface area contributed by atoms with E-state index in [-0.39, 0.29) is 48.6 Å². The minimum Gasteiger partial charge on any atom is -0.495 e. The van der Waals surface area contributed by atoms with Crippen molar-refractivity contribution in [3.05, 3.63) is 40.6 Å². The van der Waals surface area contributed by atoms with E-state index in [1.54, 1.807) is 16.2 Å². The molecule has 34 heavy (non-hydrogen) atoms. The lowest BCUT2D eigenvalue weighted by atomic mass is 10.3. The van der Waals surface area contributed by atoms with Gasteiger partial charge in [0.05, 0.1) is 50.5 Å². The molecule has 1 aromatic carbocycles. The van der Waals surface area contributed by atoms with Crippen LogP contribution >= 0.6 is 11.3 Å². The van der Waals surface area contributed by atoms with Crippen molar-refractivity contribution >= 4 is 38.9 Å². The number of morpholine rings is 1. The first-order valence-corrected chi connectivity index (χ1v) is 13.2. The highest BCUT2D eigenvalue weighted by Crippen LogP contribution is 2.29. The summed E-state index contributed by atoms with van der Waals surface area (Å²) < 4.78 is 37.9. The van der Waals surface area contributed by atoms with Crippen LogP contribution in [-0.4, -0.2) is 82.5 Å². The summed E-state index contributed by atoms with van der Waals surface area (Å²) in [5, 5.41) is 7.51. The summed E-state index contributed by atoms with van der Waals surface area (Å²) in [7, 11) is -2.29. The normalized spacial score (nSPS) is 14.7. The molecule has 1 saturated heterocycles. The van der Waals surface area contributed by atoms with Gasteiger partial charge in [0, 0.05) is 18.0 Å². The molecule has 2 amide bonds. The average Bonchev–Trinajstić information content (AvgIpc) is 3.36. The first-order chi connectivity index (χ1) is 16.3. The summed E-state index contributed by atoms with van der Waals surface area (Å²) in [5.74, 6) is -0.225. The van der Waals surface area contributed by atoms with Gasteiger partial charge in [-0.3, -0.25) is 14.5 Å². The number of hydrogen-bond acceptors (Lipinski definition) is 8. The van der Waals surface area contributed by atoms with Crippen molar-refractivity contribution in [2.45, 2.75) is 18.4 Å². The van der Waals surface area contributed by atoms with Crippen molar-refractivity contribution in [1.29, 1.82) is 0 Å². The van der Waals surface area contributed by atoms with E-state index in [4.69, 9.17) is 9.47 Å². The summed E-state index contributed by atoms with van der Waals surface area (Å²) in [4.78, 5) is 27.8. The SMILES string of the molecule is CCN(CC(=O)NCc1cccs1)CC(=O)Nc1cc(S(=O)(=O)N2CCOCC2)ccc1OC. The van der Waals surface area contributed by atoms with Crippen molar-refractivity contribution in [1.82, 2.24) is 14.5 Å². The van der Waals surface area contributed by atoms with Gasteiger partial charge >= 0.3 is 0 Å². The van der Waals surface area contributed by atoms with Crippen LogP contribution in [0.25, 0.3) is 0 Å². The predicted molar refractivity (Wildman–Crippen MR) is 129 cm³/mol. The van der Waals surface area contributed by atoms with Gasteiger partial charge in [0.2, 0.25) is 21.8 Å². The fraction of sp³-hybridized carbons (Fsp3) is 0.455. The predicted octanol–water partition coefficient (Wildman–Crippen LogP) is 1.35. The van der Waals surface area contributed by atoms with Gasteiger partial charge in [-0.2, -0.15) is 4.31 Å². The third-order valence-electron chi connectivity index (χ3n) is 5.27. The fourth-order valence-corrected chi connectivity index (χ4v) is 5.49. The van der Waals surface area contributed by atoms with Crippen LogP contribution in [0.5, 0.6) is 5.75 Å². The molecule has 1 aliphatic heterocycles. The van der Waals surface area contributed by atoms with Crippen LogP contribution in [0.15, 0.2) is 40.6 Å². The van der Waals surface area contributed by atoms with E-state index < -0.39 is 10.0 Å². The van der Waals surface area contributed by atoms with Gasteiger partial charge < -0.3 is 20.1 Å². The number of benzene rings is 1. The third kappa shape index (κ3) is 7.00. The van der Waals surface area contributed by atoms with Crippen molar-refractivity contribution in [2.75, 3.05) is 58.4 Å². The zero-order chi connectivity index (χ0) is 24.6. The Labute approximate surface area is 203 Å². The molecule has 0 atom stereocenters. The number of carbonyl (C=O) groups excluding carboxylic acids is 2. The van der Waals surface area contributed by atoms with Crippen LogP contribution in [0.3, 0.4) is 0 Å². The molecule has 3 rings (SSSR count). The van der Waals surface area contributed by atoms with E-state index in [9.17, 15) is 18.0 Å². The summed E-state index contributed by atoms with van der Waals surface area (Å²) in [6.07, 6.45) is 0. The van der Waals surface area contributed by atoms with Crippen LogP contribution in [0.1, 0.15) is 11.8 Å². The molecule has 0 radical (unpaired) electrons. The number of ether oxygens (including phenoxy) is 2. The number of anilines is 1. The molecule has 186 valence electrons. The topological polar surface area (TPSA) is 117 Å². The van der Waals surface area contributed by atoms with E-state index in [0.717, 1.165) is 4.88 Å². The van der Waals surface area contributed by atoms with Crippen LogP contribution in [0, 0.1) is 0 Å². The number of carbonyl (C=O) groups is 2. The zero-order valence-corrected chi connectivity index (χ0v) is 20.9. The molecule has 1 aliphatic rings. The third-order valence-corrected chi connectivity index (χ3v) is 8.05. The summed E-state index contributed by atoms with van der Waals surface area (Å²) in [6, 6.07) is 8.22. The molecule has 1 fully saturated rings. The molecule has 2 heterocycles. The van der Waals surface area contributed by atoms with Gasteiger partial charge in [-0.05, 0) is 36.2 Å². The molecule has 0 bridgehead atoms. The van der Waals surface area contributed by atoms with E-state index in [1.165, 1.54) is 29.6 Å². The van der Waals surface area contributed by atoms with E-state index in [1.807, 2.05) is 24.4 Å². The first kappa shape index (κ1) is 26.1. The van der Waals surface area contributed by atoms with Gasteiger partial charge in [0.1, 0.15) is 5.75 Å². The van der Waals surface area contributed by atoms with Crippen molar-refractivity contribution < 1.29 is 27.5 Å².